The van der Waals surface area contributed by atoms with Gasteiger partial charge in [-0.1, -0.05) is 19.8 Å². The van der Waals surface area contributed by atoms with Gasteiger partial charge in [0, 0.05) is 31.5 Å². The van der Waals surface area contributed by atoms with Gasteiger partial charge in [-0.2, -0.15) is 0 Å². The highest BCUT2D eigenvalue weighted by atomic mass is 16.5. The Kier molecular flexibility index (Phi) is 5.11. The molecule has 4 heteroatoms. The molecule has 1 aliphatic heterocycles. The zero-order valence-corrected chi connectivity index (χ0v) is 12.0. The lowest BCUT2D eigenvalue weighted by Crippen LogP contribution is -2.40. The van der Waals surface area contributed by atoms with Crippen molar-refractivity contribution < 1.29 is 14.3 Å². The van der Waals surface area contributed by atoms with Crippen LogP contribution in [0.2, 0.25) is 0 Å². The van der Waals surface area contributed by atoms with E-state index in [1.807, 2.05) is 6.92 Å². The predicted octanol–water partition coefficient (Wildman–Crippen LogP) is 1.82. The summed E-state index contributed by atoms with van der Waals surface area (Å²) in [5.74, 6) is -0.254. The van der Waals surface area contributed by atoms with Crippen LogP contribution in [0.5, 0.6) is 0 Å². The maximum Gasteiger partial charge on any atom is 0.204 e. The Labute approximate surface area is 115 Å². The van der Waals surface area contributed by atoms with Crippen molar-refractivity contribution in [1.82, 2.24) is 4.90 Å². The highest BCUT2D eigenvalue weighted by Crippen LogP contribution is 2.42. The second kappa shape index (κ2) is 6.62. The number of nitrogens with zero attached hydrogens (tertiary/aromatic N) is 1. The first-order chi connectivity index (χ1) is 9.18. The van der Waals surface area contributed by atoms with Crippen molar-refractivity contribution in [2.45, 2.75) is 45.4 Å². The fourth-order valence-electron chi connectivity index (χ4n) is 3.29. The van der Waals surface area contributed by atoms with Crippen LogP contribution in [0.1, 0.15) is 45.4 Å². The molecule has 19 heavy (non-hydrogen) atoms. The minimum atomic E-state index is -0.317. The van der Waals surface area contributed by atoms with E-state index in [9.17, 15) is 9.59 Å². The second-order valence-corrected chi connectivity index (χ2v) is 5.80. The third-order valence-corrected chi connectivity index (χ3v) is 4.73. The monoisotopic (exact) mass is 267 g/mol. The molecule has 0 unspecified atom stereocenters. The molecule has 2 rings (SSSR count). The van der Waals surface area contributed by atoms with Crippen LogP contribution >= 0.6 is 0 Å². The molecule has 0 aromatic heterocycles. The maximum absolute atomic E-state index is 12.4. The van der Waals surface area contributed by atoms with Crippen molar-refractivity contribution in [3.63, 3.8) is 0 Å². The minimum absolute atomic E-state index is 0.0965. The van der Waals surface area contributed by atoms with Gasteiger partial charge in [0.15, 0.2) is 5.78 Å². The molecule has 2 fully saturated rings. The third-order valence-electron chi connectivity index (χ3n) is 4.73. The van der Waals surface area contributed by atoms with Gasteiger partial charge in [0.25, 0.3) is 0 Å². The molecule has 0 atom stereocenters. The first kappa shape index (κ1) is 14.7. The van der Waals surface area contributed by atoms with Gasteiger partial charge in [-0.3, -0.25) is 14.5 Å². The molecule has 0 spiro atoms. The number of morpholine rings is 1. The van der Waals surface area contributed by atoms with Gasteiger partial charge in [-0.15, -0.1) is 0 Å². The first-order valence-electron chi connectivity index (χ1n) is 7.56. The lowest BCUT2D eigenvalue weighted by Gasteiger charge is -2.27. The van der Waals surface area contributed by atoms with Gasteiger partial charge < -0.3 is 4.74 Å². The topological polar surface area (TPSA) is 46.6 Å². The van der Waals surface area contributed by atoms with Gasteiger partial charge in [0.05, 0.1) is 13.2 Å². The number of hydrogen-bond donors (Lipinski definition) is 0. The lowest BCUT2D eigenvalue weighted by atomic mass is 9.77. The molecule has 2 aliphatic rings. The summed E-state index contributed by atoms with van der Waals surface area (Å²) in [6.45, 7) is 5.97. The third kappa shape index (κ3) is 3.42. The van der Waals surface area contributed by atoms with Crippen molar-refractivity contribution >= 4 is 11.6 Å². The van der Waals surface area contributed by atoms with Crippen LogP contribution in [-0.4, -0.2) is 49.3 Å². The molecule has 0 N–H and O–H groups in total. The van der Waals surface area contributed by atoms with Gasteiger partial charge in [-0.05, 0) is 19.3 Å². The fraction of sp³-hybridized carbons (Fsp3) is 0.867. The lowest BCUT2D eigenvalue weighted by molar-refractivity contribution is -0.143. The Hall–Kier alpha value is -0.740. The van der Waals surface area contributed by atoms with Crippen LogP contribution in [0.15, 0.2) is 0 Å². The van der Waals surface area contributed by atoms with E-state index in [0.717, 1.165) is 58.4 Å². The standard InChI is InChI=1S/C15H25NO3/c1-2-15(6-3-4-7-15)14(18)13(17)5-8-16-9-11-19-12-10-16/h2-12H2,1H3. The first-order valence-corrected chi connectivity index (χ1v) is 7.56. The number of Topliss-reactive ketones (excluding diaryl/α,β-unsaturated/α-hetero) is 2. The van der Waals surface area contributed by atoms with Crippen LogP contribution in [0, 0.1) is 5.41 Å². The van der Waals surface area contributed by atoms with Gasteiger partial charge in [-0.25, -0.2) is 0 Å². The van der Waals surface area contributed by atoms with Crippen LogP contribution in [-0.2, 0) is 14.3 Å². The summed E-state index contributed by atoms with van der Waals surface area (Å²) in [6, 6.07) is 0. The number of carbonyl (C=O) groups is 2. The molecule has 1 saturated heterocycles. The van der Waals surface area contributed by atoms with E-state index in [1.165, 1.54) is 0 Å². The van der Waals surface area contributed by atoms with Crippen molar-refractivity contribution in [3.8, 4) is 0 Å². The molecular formula is C15H25NO3. The van der Waals surface area contributed by atoms with Crippen molar-refractivity contribution in [1.29, 1.82) is 0 Å². The zero-order valence-electron chi connectivity index (χ0n) is 12.0. The summed E-state index contributed by atoms with van der Waals surface area (Å²) in [5.41, 5.74) is -0.317. The quantitative estimate of drug-likeness (QED) is 0.689. The maximum atomic E-state index is 12.4. The molecule has 1 heterocycles. The number of ether oxygens (including phenoxy) is 1. The Morgan fingerprint density at radius 3 is 2.37 bits per heavy atom. The molecule has 0 aromatic rings. The van der Waals surface area contributed by atoms with Crippen molar-refractivity contribution in [2.24, 2.45) is 5.41 Å². The Bertz CT molecular complexity index is 328. The molecule has 1 aliphatic carbocycles. The fourth-order valence-corrected chi connectivity index (χ4v) is 3.29. The van der Waals surface area contributed by atoms with E-state index >= 15 is 0 Å². The van der Waals surface area contributed by atoms with Gasteiger partial charge in [0.1, 0.15) is 0 Å². The van der Waals surface area contributed by atoms with E-state index < -0.39 is 0 Å². The number of ketones is 2. The Morgan fingerprint density at radius 2 is 1.79 bits per heavy atom. The molecule has 0 bridgehead atoms. The van der Waals surface area contributed by atoms with E-state index in [2.05, 4.69) is 4.90 Å². The second-order valence-electron chi connectivity index (χ2n) is 5.80. The molecule has 0 amide bonds. The zero-order chi connectivity index (χ0) is 13.7. The van der Waals surface area contributed by atoms with E-state index in [-0.39, 0.29) is 17.0 Å². The summed E-state index contributed by atoms with van der Waals surface area (Å²) < 4.78 is 5.28. The molecule has 108 valence electrons. The summed E-state index contributed by atoms with van der Waals surface area (Å²) in [4.78, 5) is 26.7. The Morgan fingerprint density at radius 1 is 1.16 bits per heavy atom. The number of hydrogen-bond acceptors (Lipinski definition) is 4. The Balaban J connectivity index is 1.83. The average Bonchev–Trinajstić information content (AvgIpc) is 2.95. The molecule has 1 saturated carbocycles. The average molecular weight is 267 g/mol. The summed E-state index contributed by atoms with van der Waals surface area (Å²) in [7, 11) is 0. The number of rotatable bonds is 6. The largest absolute Gasteiger partial charge is 0.379 e. The molecule has 0 radical (unpaired) electrons. The van der Waals surface area contributed by atoms with Gasteiger partial charge >= 0.3 is 0 Å². The van der Waals surface area contributed by atoms with Crippen LogP contribution in [0.25, 0.3) is 0 Å². The molecular weight excluding hydrogens is 242 g/mol. The predicted molar refractivity (Wildman–Crippen MR) is 73.1 cm³/mol. The normalized spacial score (nSPS) is 23.4. The minimum Gasteiger partial charge on any atom is -0.379 e. The van der Waals surface area contributed by atoms with Crippen molar-refractivity contribution in [3.05, 3.63) is 0 Å². The SMILES string of the molecule is CCC1(C(=O)C(=O)CCN2CCOCC2)CCCC1. The number of carbonyl (C=O) groups excluding carboxylic acids is 2. The van der Waals surface area contributed by atoms with E-state index in [1.54, 1.807) is 0 Å². The molecule has 4 nitrogen and oxygen atoms in total. The van der Waals surface area contributed by atoms with Crippen LogP contribution in [0.3, 0.4) is 0 Å². The summed E-state index contributed by atoms with van der Waals surface area (Å²) in [6.07, 6.45) is 5.19. The van der Waals surface area contributed by atoms with Crippen LogP contribution in [0.4, 0.5) is 0 Å². The highest BCUT2D eigenvalue weighted by Gasteiger charge is 2.42. The summed E-state index contributed by atoms with van der Waals surface area (Å²) >= 11 is 0. The van der Waals surface area contributed by atoms with Crippen LogP contribution < -0.4 is 0 Å². The van der Waals surface area contributed by atoms with E-state index in [4.69, 9.17) is 4.74 Å². The summed E-state index contributed by atoms with van der Waals surface area (Å²) in [5, 5.41) is 0. The highest BCUT2D eigenvalue weighted by molar-refractivity contribution is 6.39. The van der Waals surface area contributed by atoms with Gasteiger partial charge in [0.2, 0.25) is 5.78 Å². The van der Waals surface area contributed by atoms with Crippen molar-refractivity contribution in [2.75, 3.05) is 32.8 Å². The van der Waals surface area contributed by atoms with E-state index in [0.29, 0.717) is 13.0 Å². The molecule has 0 aromatic carbocycles. The smallest absolute Gasteiger partial charge is 0.204 e.